The molecule has 1 amide bonds. The number of methoxy groups -OCH3 is 1. The summed E-state index contributed by atoms with van der Waals surface area (Å²) in [6, 6.07) is 3.77. The van der Waals surface area contributed by atoms with Crippen LogP contribution in [0, 0.1) is 12.8 Å². The van der Waals surface area contributed by atoms with Crippen molar-refractivity contribution in [3.8, 4) is 0 Å². The number of esters is 1. The summed E-state index contributed by atoms with van der Waals surface area (Å²) in [4.78, 5) is 25.0. The van der Waals surface area contributed by atoms with Crippen LogP contribution in [0.3, 0.4) is 0 Å². The number of nitrogens with zero attached hydrogens (tertiary/aromatic N) is 1. The number of nitrogens with one attached hydrogen (secondary N) is 1. The molecule has 1 aliphatic heterocycles. The molecule has 8 heteroatoms. The smallest absolute Gasteiger partial charge is 0.328 e. The van der Waals surface area contributed by atoms with Crippen molar-refractivity contribution in [2.45, 2.75) is 57.4 Å². The lowest BCUT2D eigenvalue weighted by Gasteiger charge is -2.26. The van der Waals surface area contributed by atoms with Crippen LogP contribution in [0.1, 0.15) is 55.5 Å². The van der Waals surface area contributed by atoms with Crippen LogP contribution >= 0.6 is 0 Å². The molecule has 156 valence electrons. The molecule has 0 aromatic heterocycles. The molecule has 1 saturated heterocycles. The van der Waals surface area contributed by atoms with Crippen molar-refractivity contribution in [3.63, 3.8) is 0 Å². The second kappa shape index (κ2) is 9.52. The van der Waals surface area contributed by atoms with Crippen molar-refractivity contribution >= 4 is 21.9 Å². The Morgan fingerprint density at radius 2 is 1.86 bits per heavy atom. The van der Waals surface area contributed by atoms with Crippen LogP contribution in [0.25, 0.3) is 0 Å². The van der Waals surface area contributed by atoms with Crippen molar-refractivity contribution in [2.24, 2.45) is 5.92 Å². The lowest BCUT2D eigenvalue weighted by Crippen LogP contribution is -2.45. The van der Waals surface area contributed by atoms with E-state index in [-0.39, 0.29) is 16.4 Å². The predicted octanol–water partition coefficient (Wildman–Crippen LogP) is 2.49. The fraction of sp³-hybridized carbons (Fsp3) is 0.600. The van der Waals surface area contributed by atoms with Gasteiger partial charge in [0.1, 0.15) is 6.04 Å². The van der Waals surface area contributed by atoms with Gasteiger partial charge in [-0.2, -0.15) is 4.31 Å². The van der Waals surface area contributed by atoms with E-state index in [0.29, 0.717) is 25.1 Å². The Hall–Kier alpha value is -1.93. The van der Waals surface area contributed by atoms with Crippen LogP contribution in [0.4, 0.5) is 0 Å². The van der Waals surface area contributed by atoms with Gasteiger partial charge in [0.05, 0.1) is 12.0 Å². The van der Waals surface area contributed by atoms with E-state index in [9.17, 15) is 18.0 Å². The summed E-state index contributed by atoms with van der Waals surface area (Å²) in [5, 5.41) is 2.71. The highest BCUT2D eigenvalue weighted by Gasteiger charge is 2.30. The van der Waals surface area contributed by atoms with E-state index >= 15 is 0 Å². The van der Waals surface area contributed by atoms with Crippen LogP contribution < -0.4 is 5.32 Å². The molecule has 0 radical (unpaired) electrons. The van der Waals surface area contributed by atoms with Crippen molar-refractivity contribution < 1.29 is 22.7 Å². The number of carbonyl (C=O) groups excluding carboxylic acids is 2. The molecule has 1 N–H and O–H groups in total. The van der Waals surface area contributed by atoms with E-state index in [1.807, 2.05) is 13.8 Å². The van der Waals surface area contributed by atoms with E-state index in [1.54, 1.807) is 13.0 Å². The minimum Gasteiger partial charge on any atom is -0.467 e. The molecule has 0 saturated carbocycles. The molecule has 1 heterocycles. The van der Waals surface area contributed by atoms with E-state index in [1.165, 1.54) is 23.5 Å². The molecule has 0 aliphatic carbocycles. The van der Waals surface area contributed by atoms with Gasteiger partial charge >= 0.3 is 5.97 Å². The molecule has 2 atom stereocenters. The van der Waals surface area contributed by atoms with Gasteiger partial charge in [-0.15, -0.1) is 0 Å². The second-order valence-corrected chi connectivity index (χ2v) is 9.24. The first-order chi connectivity index (χ1) is 13.2. The normalized spacial score (nSPS) is 17.6. The summed E-state index contributed by atoms with van der Waals surface area (Å²) in [5.41, 5.74) is 0.887. The number of aryl methyl sites for hydroxylation is 1. The molecular formula is C20H30N2O5S. The molecule has 28 heavy (non-hydrogen) atoms. The van der Waals surface area contributed by atoms with E-state index in [0.717, 1.165) is 19.3 Å². The highest BCUT2D eigenvalue weighted by atomic mass is 32.2. The summed E-state index contributed by atoms with van der Waals surface area (Å²) in [7, 11) is -2.36. The Morgan fingerprint density at radius 1 is 1.21 bits per heavy atom. The third kappa shape index (κ3) is 4.91. The molecule has 1 aromatic carbocycles. The molecule has 2 rings (SSSR count). The van der Waals surface area contributed by atoms with Crippen LogP contribution in [-0.2, 0) is 19.6 Å². The molecule has 0 spiro atoms. The third-order valence-corrected chi connectivity index (χ3v) is 7.26. The van der Waals surface area contributed by atoms with Gasteiger partial charge in [0.25, 0.3) is 5.91 Å². The van der Waals surface area contributed by atoms with Gasteiger partial charge in [-0.05, 0) is 43.4 Å². The summed E-state index contributed by atoms with van der Waals surface area (Å²) >= 11 is 0. The maximum atomic E-state index is 12.9. The number of hydrogen-bond acceptors (Lipinski definition) is 5. The summed E-state index contributed by atoms with van der Waals surface area (Å²) in [5.74, 6) is -1.11. The number of amides is 1. The zero-order valence-corrected chi connectivity index (χ0v) is 17.8. The average Bonchev–Trinajstić information content (AvgIpc) is 2.71. The Labute approximate surface area is 167 Å². The number of sulfonamides is 1. The van der Waals surface area contributed by atoms with E-state index < -0.39 is 27.9 Å². The quantitative estimate of drug-likeness (QED) is 0.697. The molecule has 2 unspecified atom stereocenters. The number of ether oxygens (including phenoxy) is 1. The monoisotopic (exact) mass is 410 g/mol. The molecule has 1 aliphatic rings. The number of carbonyl (C=O) groups is 2. The average molecular weight is 411 g/mol. The largest absolute Gasteiger partial charge is 0.467 e. The lowest BCUT2D eigenvalue weighted by atomic mass is 9.98. The summed E-state index contributed by atoms with van der Waals surface area (Å²) in [6.45, 7) is 6.50. The topological polar surface area (TPSA) is 92.8 Å². The van der Waals surface area contributed by atoms with E-state index in [4.69, 9.17) is 4.74 Å². The van der Waals surface area contributed by atoms with Crippen molar-refractivity contribution in [1.29, 1.82) is 0 Å². The first-order valence-corrected chi connectivity index (χ1v) is 11.2. The van der Waals surface area contributed by atoms with Gasteiger partial charge in [-0.3, -0.25) is 4.79 Å². The Kier molecular flexibility index (Phi) is 7.60. The number of benzene rings is 1. The van der Waals surface area contributed by atoms with Gasteiger partial charge < -0.3 is 10.1 Å². The highest BCUT2D eigenvalue weighted by molar-refractivity contribution is 7.89. The molecule has 1 fully saturated rings. The van der Waals surface area contributed by atoms with Crippen molar-refractivity contribution in [2.75, 3.05) is 20.2 Å². The fourth-order valence-electron chi connectivity index (χ4n) is 3.28. The molecule has 7 nitrogen and oxygen atoms in total. The maximum Gasteiger partial charge on any atom is 0.328 e. The van der Waals surface area contributed by atoms with Crippen LogP contribution in [0.2, 0.25) is 0 Å². The zero-order chi connectivity index (χ0) is 20.9. The number of piperidine rings is 1. The predicted molar refractivity (Wildman–Crippen MR) is 107 cm³/mol. The molecule has 0 bridgehead atoms. The fourth-order valence-corrected chi connectivity index (χ4v) is 4.82. The Balaban J connectivity index is 2.31. The lowest BCUT2D eigenvalue weighted by molar-refractivity contribution is -0.144. The van der Waals surface area contributed by atoms with Crippen molar-refractivity contribution in [3.05, 3.63) is 29.3 Å². The minimum atomic E-state index is -3.64. The van der Waals surface area contributed by atoms with Crippen molar-refractivity contribution in [1.82, 2.24) is 9.62 Å². The van der Waals surface area contributed by atoms with Gasteiger partial charge in [0, 0.05) is 18.7 Å². The maximum absolute atomic E-state index is 12.9. The van der Waals surface area contributed by atoms with E-state index in [2.05, 4.69) is 5.32 Å². The minimum absolute atomic E-state index is 0.100. The Morgan fingerprint density at radius 3 is 2.43 bits per heavy atom. The standard InChI is InChI=1S/C20H30N2O5S/c1-5-14(2)18(20(24)27-4)21-19(23)17-13-16(10-9-15(17)3)28(25,26)22-11-7-6-8-12-22/h9-10,13-14,18H,5-8,11-12H2,1-4H3,(H,21,23). The SMILES string of the molecule is CCC(C)C(NC(=O)c1cc(S(=O)(=O)N2CCCCC2)ccc1C)C(=O)OC. The summed E-state index contributed by atoms with van der Waals surface area (Å²) < 4.78 is 32.1. The first-order valence-electron chi connectivity index (χ1n) is 9.71. The number of rotatable bonds is 7. The summed E-state index contributed by atoms with van der Waals surface area (Å²) in [6.07, 6.45) is 3.39. The van der Waals surface area contributed by atoms with Crippen LogP contribution in [0.5, 0.6) is 0 Å². The zero-order valence-electron chi connectivity index (χ0n) is 17.0. The highest BCUT2D eigenvalue weighted by Crippen LogP contribution is 2.23. The Bertz CT molecular complexity index is 816. The third-order valence-electron chi connectivity index (χ3n) is 5.36. The van der Waals surface area contributed by atoms with Gasteiger partial charge in [-0.25, -0.2) is 13.2 Å². The second-order valence-electron chi connectivity index (χ2n) is 7.30. The number of hydrogen-bond donors (Lipinski definition) is 1. The van der Waals surface area contributed by atoms with Gasteiger partial charge in [0.15, 0.2) is 0 Å². The van der Waals surface area contributed by atoms with Gasteiger partial charge in [0.2, 0.25) is 10.0 Å². The molecular weight excluding hydrogens is 380 g/mol. The molecule has 1 aromatic rings. The van der Waals surface area contributed by atoms with Crippen LogP contribution in [0.15, 0.2) is 23.1 Å². The van der Waals surface area contributed by atoms with Crippen LogP contribution in [-0.4, -0.2) is 50.8 Å². The first kappa shape index (κ1) is 22.4. The van der Waals surface area contributed by atoms with Gasteiger partial charge in [-0.1, -0.05) is 32.8 Å².